The third-order valence-electron chi connectivity index (χ3n) is 6.53. The van der Waals surface area contributed by atoms with Crippen LogP contribution in [0.15, 0.2) is 18.2 Å². The predicted molar refractivity (Wildman–Crippen MR) is 93.4 cm³/mol. The summed E-state index contributed by atoms with van der Waals surface area (Å²) in [5.41, 5.74) is 0.405. The van der Waals surface area contributed by atoms with Crippen molar-refractivity contribution in [2.45, 2.75) is 45.1 Å². The van der Waals surface area contributed by atoms with Gasteiger partial charge in [0.05, 0.1) is 6.54 Å². The molecule has 4 fully saturated rings. The van der Waals surface area contributed by atoms with Crippen molar-refractivity contribution in [1.29, 1.82) is 0 Å². The molecule has 0 heterocycles. The Hall–Kier alpha value is -0.930. The highest BCUT2D eigenvalue weighted by Gasteiger charge is 2.54. The van der Waals surface area contributed by atoms with Gasteiger partial charge in [-0.25, -0.2) is 4.39 Å². The monoisotopic (exact) mass is 349 g/mol. The molecular weight excluding hydrogens is 325 g/mol. The van der Waals surface area contributed by atoms with Crippen LogP contribution in [0.4, 0.5) is 4.39 Å². The molecule has 0 unspecified atom stereocenters. The Morgan fingerprint density at radius 1 is 1.21 bits per heavy atom. The van der Waals surface area contributed by atoms with Gasteiger partial charge in [-0.15, -0.1) is 0 Å². The van der Waals surface area contributed by atoms with E-state index < -0.39 is 0 Å². The Morgan fingerprint density at radius 2 is 1.79 bits per heavy atom. The fourth-order valence-electron chi connectivity index (χ4n) is 5.87. The van der Waals surface area contributed by atoms with Crippen molar-refractivity contribution in [2.75, 3.05) is 13.6 Å². The summed E-state index contributed by atoms with van der Waals surface area (Å²) in [4.78, 5) is 15.0. The van der Waals surface area contributed by atoms with Crippen LogP contribution in [-0.4, -0.2) is 24.3 Å². The summed E-state index contributed by atoms with van der Waals surface area (Å²) in [7, 11) is 1.89. The van der Waals surface area contributed by atoms with E-state index in [2.05, 4.69) is 0 Å². The maximum Gasteiger partial charge on any atom is 0.152 e. The lowest BCUT2D eigenvalue weighted by Gasteiger charge is -2.56. The number of carbonyl (C=O) groups excluding carboxylic acids is 1. The summed E-state index contributed by atoms with van der Waals surface area (Å²) < 4.78 is 14.0. The zero-order valence-electron chi connectivity index (χ0n) is 14.2. The van der Waals surface area contributed by atoms with Crippen LogP contribution in [0.3, 0.4) is 0 Å². The summed E-state index contributed by atoms with van der Waals surface area (Å²) >= 11 is 6.12. The highest BCUT2D eigenvalue weighted by atomic mass is 35.5. The Morgan fingerprint density at radius 3 is 2.33 bits per heavy atom. The molecule has 130 valence electrons. The third kappa shape index (κ3) is 2.90. The summed E-state index contributed by atoms with van der Waals surface area (Å²) in [6.07, 6.45) is 7.29. The molecule has 1 aromatic carbocycles. The van der Waals surface area contributed by atoms with E-state index >= 15 is 0 Å². The van der Waals surface area contributed by atoms with E-state index in [0.717, 1.165) is 37.0 Å². The number of carbonyl (C=O) groups is 1. The molecule has 0 saturated heterocycles. The number of hydrogen-bond acceptors (Lipinski definition) is 2. The second kappa shape index (κ2) is 6.10. The lowest BCUT2D eigenvalue weighted by atomic mass is 9.48. The van der Waals surface area contributed by atoms with E-state index in [1.807, 2.05) is 11.9 Å². The van der Waals surface area contributed by atoms with Crippen molar-refractivity contribution in [3.05, 3.63) is 34.6 Å². The summed E-state index contributed by atoms with van der Waals surface area (Å²) in [6, 6.07) is 4.74. The van der Waals surface area contributed by atoms with Crippen molar-refractivity contribution in [1.82, 2.24) is 4.90 Å². The standard InChI is InChI=1S/C20H25ClFNO/c1-23(11-16-17(21)3-2-4-18(16)22)12-19(24)20-8-13-5-14(9-20)7-15(6-13)10-20/h2-4,13-15H,5-12H2,1H3. The van der Waals surface area contributed by atoms with Gasteiger partial charge in [0, 0.05) is 22.5 Å². The van der Waals surface area contributed by atoms with E-state index in [4.69, 9.17) is 11.6 Å². The second-order valence-electron chi connectivity index (χ2n) is 8.49. The minimum atomic E-state index is -0.295. The van der Waals surface area contributed by atoms with Crippen LogP contribution in [0, 0.1) is 29.0 Å². The van der Waals surface area contributed by atoms with Crippen molar-refractivity contribution in [2.24, 2.45) is 23.2 Å². The third-order valence-corrected chi connectivity index (χ3v) is 6.89. The van der Waals surface area contributed by atoms with Gasteiger partial charge in [0.25, 0.3) is 0 Å². The molecule has 0 atom stereocenters. The number of halogens is 2. The van der Waals surface area contributed by atoms with Gasteiger partial charge < -0.3 is 0 Å². The molecule has 4 bridgehead atoms. The Balaban J connectivity index is 1.44. The van der Waals surface area contributed by atoms with E-state index in [1.165, 1.54) is 25.3 Å². The van der Waals surface area contributed by atoms with Crippen molar-refractivity contribution in [3.63, 3.8) is 0 Å². The molecular formula is C20H25ClFNO. The van der Waals surface area contributed by atoms with Gasteiger partial charge in [-0.05, 0) is 75.5 Å². The smallest absolute Gasteiger partial charge is 0.152 e. The molecule has 4 saturated carbocycles. The number of hydrogen-bond donors (Lipinski definition) is 0. The molecule has 24 heavy (non-hydrogen) atoms. The average molecular weight is 350 g/mol. The first-order chi connectivity index (χ1) is 11.4. The summed E-state index contributed by atoms with van der Waals surface area (Å²) in [5, 5.41) is 0.434. The molecule has 4 heteroatoms. The molecule has 0 aliphatic heterocycles. The first-order valence-electron chi connectivity index (χ1n) is 9.10. The van der Waals surface area contributed by atoms with Crippen LogP contribution in [0.5, 0.6) is 0 Å². The molecule has 2 nitrogen and oxygen atoms in total. The highest BCUT2D eigenvalue weighted by Crippen LogP contribution is 2.60. The van der Waals surface area contributed by atoms with Gasteiger partial charge >= 0.3 is 0 Å². The molecule has 0 radical (unpaired) electrons. The van der Waals surface area contributed by atoms with Crippen LogP contribution in [0.25, 0.3) is 0 Å². The van der Waals surface area contributed by atoms with Crippen LogP contribution in [-0.2, 0) is 11.3 Å². The highest BCUT2D eigenvalue weighted by molar-refractivity contribution is 6.31. The fraction of sp³-hybridized carbons (Fsp3) is 0.650. The molecule has 1 aromatic rings. The topological polar surface area (TPSA) is 20.3 Å². The minimum Gasteiger partial charge on any atom is -0.298 e. The molecule has 5 rings (SSSR count). The molecule has 0 aromatic heterocycles. The van der Waals surface area contributed by atoms with Gasteiger partial charge in [0.2, 0.25) is 0 Å². The SMILES string of the molecule is CN(CC(=O)C12CC3CC(CC(C3)C1)C2)Cc1c(F)cccc1Cl. The van der Waals surface area contributed by atoms with Crippen LogP contribution >= 0.6 is 11.6 Å². The first-order valence-corrected chi connectivity index (χ1v) is 9.48. The normalized spacial score (nSPS) is 34.1. The number of nitrogens with zero attached hydrogens (tertiary/aromatic N) is 1. The predicted octanol–water partition coefficient (Wildman–Crippen LogP) is 4.70. The molecule has 0 spiro atoms. The minimum absolute atomic E-state index is 0.0813. The quantitative estimate of drug-likeness (QED) is 0.768. The fourth-order valence-corrected chi connectivity index (χ4v) is 6.10. The van der Waals surface area contributed by atoms with Gasteiger partial charge in [0.15, 0.2) is 5.78 Å². The number of Topliss-reactive ketones (excluding diaryl/α,β-unsaturated/α-hetero) is 1. The number of rotatable bonds is 5. The van der Waals surface area contributed by atoms with Crippen LogP contribution in [0.2, 0.25) is 5.02 Å². The second-order valence-corrected chi connectivity index (χ2v) is 8.90. The molecule has 4 aliphatic rings. The zero-order chi connectivity index (χ0) is 16.9. The number of likely N-dealkylation sites (N-methyl/N-ethyl adjacent to an activating group) is 1. The Labute approximate surface area is 148 Å². The lowest BCUT2D eigenvalue weighted by Crippen LogP contribution is -2.52. The summed E-state index contributed by atoms with van der Waals surface area (Å²) in [6.45, 7) is 0.778. The number of benzene rings is 1. The maximum absolute atomic E-state index is 14.0. The van der Waals surface area contributed by atoms with E-state index in [0.29, 0.717) is 29.5 Å². The zero-order valence-corrected chi connectivity index (χ0v) is 15.0. The first kappa shape index (κ1) is 16.5. The number of ketones is 1. The van der Waals surface area contributed by atoms with Gasteiger partial charge in [-0.3, -0.25) is 9.69 Å². The Bertz CT molecular complexity index is 604. The van der Waals surface area contributed by atoms with Crippen LogP contribution < -0.4 is 0 Å². The van der Waals surface area contributed by atoms with E-state index in [9.17, 15) is 9.18 Å². The molecule has 0 amide bonds. The van der Waals surface area contributed by atoms with Crippen LogP contribution in [0.1, 0.15) is 44.1 Å². The molecule has 0 N–H and O–H groups in total. The van der Waals surface area contributed by atoms with Crippen molar-refractivity contribution >= 4 is 17.4 Å². The van der Waals surface area contributed by atoms with Crippen molar-refractivity contribution < 1.29 is 9.18 Å². The van der Waals surface area contributed by atoms with Gasteiger partial charge in [0.1, 0.15) is 5.82 Å². The lowest BCUT2D eigenvalue weighted by molar-refractivity contribution is -0.144. The van der Waals surface area contributed by atoms with Crippen molar-refractivity contribution in [3.8, 4) is 0 Å². The molecule has 4 aliphatic carbocycles. The van der Waals surface area contributed by atoms with Gasteiger partial charge in [-0.2, -0.15) is 0 Å². The maximum atomic E-state index is 14.0. The van der Waals surface area contributed by atoms with E-state index in [-0.39, 0.29) is 11.2 Å². The van der Waals surface area contributed by atoms with Gasteiger partial charge in [-0.1, -0.05) is 17.7 Å². The Kier molecular flexibility index (Phi) is 4.20. The summed E-state index contributed by atoms with van der Waals surface area (Å²) in [5.74, 6) is 2.39. The van der Waals surface area contributed by atoms with E-state index in [1.54, 1.807) is 12.1 Å². The largest absolute Gasteiger partial charge is 0.298 e. The average Bonchev–Trinajstić information content (AvgIpc) is 2.49.